The average Bonchev–Trinajstić information content (AvgIpc) is 2.50. The van der Waals surface area contributed by atoms with Gasteiger partial charge in [-0.15, -0.1) is 0 Å². The molecule has 70 valence electrons. The Morgan fingerprint density at radius 1 is 1.14 bits per heavy atom. The lowest BCUT2D eigenvalue weighted by molar-refractivity contribution is 1.30. The molecule has 0 saturated heterocycles. The van der Waals surface area contributed by atoms with Crippen LogP contribution in [-0.4, -0.2) is 4.98 Å². The highest BCUT2D eigenvalue weighted by Crippen LogP contribution is 2.25. The van der Waals surface area contributed by atoms with Gasteiger partial charge in [0.25, 0.3) is 0 Å². The predicted molar refractivity (Wildman–Crippen MR) is 57.2 cm³/mol. The van der Waals surface area contributed by atoms with Crippen LogP contribution >= 0.6 is 0 Å². The van der Waals surface area contributed by atoms with Crippen molar-refractivity contribution in [3.05, 3.63) is 34.5 Å². The van der Waals surface area contributed by atoms with Crippen LogP contribution in [0.1, 0.15) is 22.4 Å². The normalized spacial score (nSPS) is 10.4. The minimum absolute atomic E-state index is 0.675. The second kappa shape index (κ2) is 2.88. The number of benzene rings is 1. The molecular weight excluding hydrogens is 172 g/mol. The van der Waals surface area contributed by atoms with Crippen LogP contribution in [-0.2, 0) is 0 Å². The number of nitrogens with one attached hydrogen (secondary N) is 1. The van der Waals surface area contributed by atoms with Crippen LogP contribution in [0.15, 0.2) is 12.1 Å². The van der Waals surface area contributed by atoms with Crippen molar-refractivity contribution in [1.82, 2.24) is 4.98 Å². The van der Waals surface area contributed by atoms with E-state index in [0.717, 1.165) is 16.5 Å². The number of nitrogens with zero attached hydrogens (tertiary/aromatic N) is 1. The molecule has 2 rings (SSSR count). The van der Waals surface area contributed by atoms with Gasteiger partial charge in [-0.1, -0.05) is 12.1 Å². The Hall–Kier alpha value is -1.75. The zero-order valence-corrected chi connectivity index (χ0v) is 8.60. The molecule has 0 bridgehead atoms. The summed E-state index contributed by atoms with van der Waals surface area (Å²) in [5, 5.41) is 10.1. The highest BCUT2D eigenvalue weighted by atomic mass is 14.7. The first kappa shape index (κ1) is 8.83. The van der Waals surface area contributed by atoms with E-state index >= 15 is 0 Å². The molecule has 2 aromatic rings. The molecule has 0 aliphatic carbocycles. The number of fused-ring (bicyclic) bond motifs is 1. The molecule has 1 aromatic carbocycles. The van der Waals surface area contributed by atoms with Crippen molar-refractivity contribution in [3.8, 4) is 6.07 Å². The van der Waals surface area contributed by atoms with Crippen LogP contribution in [0, 0.1) is 32.1 Å². The zero-order chi connectivity index (χ0) is 10.3. The van der Waals surface area contributed by atoms with Crippen LogP contribution in [0.4, 0.5) is 0 Å². The van der Waals surface area contributed by atoms with Gasteiger partial charge in [0.1, 0.15) is 11.8 Å². The van der Waals surface area contributed by atoms with Gasteiger partial charge >= 0.3 is 0 Å². The molecule has 1 aromatic heterocycles. The van der Waals surface area contributed by atoms with Crippen molar-refractivity contribution >= 4 is 10.9 Å². The molecule has 0 aliphatic rings. The van der Waals surface area contributed by atoms with Gasteiger partial charge in [-0.3, -0.25) is 0 Å². The fourth-order valence-electron chi connectivity index (χ4n) is 1.75. The maximum absolute atomic E-state index is 8.90. The molecule has 0 fully saturated rings. The molecule has 2 heteroatoms. The topological polar surface area (TPSA) is 39.6 Å². The summed E-state index contributed by atoms with van der Waals surface area (Å²) in [5.74, 6) is 0. The molecule has 1 N–H and O–H groups in total. The van der Waals surface area contributed by atoms with E-state index in [0.29, 0.717) is 5.69 Å². The smallest absolute Gasteiger partial charge is 0.121 e. The van der Waals surface area contributed by atoms with Crippen LogP contribution < -0.4 is 0 Å². The molecule has 0 radical (unpaired) electrons. The maximum Gasteiger partial charge on any atom is 0.121 e. The lowest BCUT2D eigenvalue weighted by Crippen LogP contribution is -1.81. The van der Waals surface area contributed by atoms with Gasteiger partial charge in [0, 0.05) is 10.9 Å². The quantitative estimate of drug-likeness (QED) is 0.671. The van der Waals surface area contributed by atoms with Gasteiger partial charge in [0.15, 0.2) is 0 Å². The van der Waals surface area contributed by atoms with Crippen molar-refractivity contribution < 1.29 is 0 Å². The van der Waals surface area contributed by atoms with Gasteiger partial charge in [0.05, 0.1) is 0 Å². The molecule has 0 amide bonds. The molecule has 0 saturated carbocycles. The number of nitriles is 1. The fraction of sp³-hybridized carbons (Fsp3) is 0.250. The Morgan fingerprint density at radius 3 is 2.50 bits per heavy atom. The Labute approximate surface area is 83.2 Å². The minimum atomic E-state index is 0.675. The largest absolute Gasteiger partial charge is 0.346 e. The van der Waals surface area contributed by atoms with Crippen molar-refractivity contribution in [2.45, 2.75) is 20.8 Å². The monoisotopic (exact) mass is 184 g/mol. The summed E-state index contributed by atoms with van der Waals surface area (Å²) >= 11 is 0. The van der Waals surface area contributed by atoms with Crippen LogP contribution in [0.25, 0.3) is 10.9 Å². The van der Waals surface area contributed by atoms with Gasteiger partial charge in [-0.25, -0.2) is 0 Å². The standard InChI is InChI=1S/C12H12N2/c1-7-4-5-10-9(3)11(6-13)14-12(10)8(7)2/h4-5,14H,1-3H3. The molecule has 0 atom stereocenters. The molecule has 0 spiro atoms. The molecule has 0 aliphatic heterocycles. The highest BCUT2D eigenvalue weighted by molar-refractivity contribution is 5.88. The lowest BCUT2D eigenvalue weighted by Gasteiger charge is -2.00. The first-order valence-electron chi connectivity index (χ1n) is 4.63. The third-order valence-electron chi connectivity index (χ3n) is 2.88. The third kappa shape index (κ3) is 1.03. The Bertz CT molecular complexity index is 541. The molecular formula is C12H12N2. The summed E-state index contributed by atoms with van der Waals surface area (Å²) in [7, 11) is 0. The minimum Gasteiger partial charge on any atom is -0.346 e. The van der Waals surface area contributed by atoms with E-state index in [2.05, 4.69) is 37.0 Å². The second-order valence-corrected chi connectivity index (χ2v) is 3.67. The molecule has 2 nitrogen and oxygen atoms in total. The summed E-state index contributed by atoms with van der Waals surface area (Å²) in [6, 6.07) is 6.35. The number of H-pyrrole nitrogens is 1. The lowest BCUT2D eigenvalue weighted by atomic mass is 10.1. The summed E-state index contributed by atoms with van der Waals surface area (Å²) in [6.07, 6.45) is 0. The predicted octanol–water partition coefficient (Wildman–Crippen LogP) is 2.96. The first-order chi connectivity index (χ1) is 6.65. The Morgan fingerprint density at radius 2 is 1.86 bits per heavy atom. The van der Waals surface area contributed by atoms with Crippen LogP contribution in [0.2, 0.25) is 0 Å². The van der Waals surface area contributed by atoms with Crippen molar-refractivity contribution in [2.24, 2.45) is 0 Å². The maximum atomic E-state index is 8.90. The SMILES string of the molecule is Cc1ccc2c(C)c(C#N)[nH]c2c1C. The van der Waals surface area contributed by atoms with Crippen molar-refractivity contribution in [1.29, 1.82) is 5.26 Å². The van der Waals surface area contributed by atoms with Gasteiger partial charge in [-0.05, 0) is 37.5 Å². The fourth-order valence-corrected chi connectivity index (χ4v) is 1.75. The van der Waals surface area contributed by atoms with Gasteiger partial charge in [0.2, 0.25) is 0 Å². The van der Waals surface area contributed by atoms with E-state index in [-0.39, 0.29) is 0 Å². The van der Waals surface area contributed by atoms with E-state index < -0.39 is 0 Å². The van der Waals surface area contributed by atoms with Gasteiger partial charge < -0.3 is 4.98 Å². The molecule has 0 unspecified atom stereocenters. The van der Waals surface area contributed by atoms with Gasteiger partial charge in [-0.2, -0.15) is 5.26 Å². The zero-order valence-electron chi connectivity index (χ0n) is 8.60. The summed E-state index contributed by atoms with van der Waals surface area (Å²) in [4.78, 5) is 3.16. The van der Waals surface area contributed by atoms with E-state index in [1.165, 1.54) is 11.1 Å². The van der Waals surface area contributed by atoms with Crippen LogP contribution in [0.3, 0.4) is 0 Å². The number of aryl methyl sites for hydroxylation is 3. The first-order valence-corrected chi connectivity index (χ1v) is 4.63. The highest BCUT2D eigenvalue weighted by Gasteiger charge is 2.09. The Kier molecular flexibility index (Phi) is 1.82. The number of aromatic nitrogens is 1. The summed E-state index contributed by atoms with van der Waals surface area (Å²) in [6.45, 7) is 6.14. The number of hydrogen-bond donors (Lipinski definition) is 1. The van der Waals surface area contributed by atoms with E-state index in [1.54, 1.807) is 0 Å². The summed E-state index contributed by atoms with van der Waals surface area (Å²) in [5.41, 5.74) is 5.30. The summed E-state index contributed by atoms with van der Waals surface area (Å²) < 4.78 is 0. The van der Waals surface area contributed by atoms with Crippen molar-refractivity contribution in [2.75, 3.05) is 0 Å². The van der Waals surface area contributed by atoms with E-state index in [1.807, 2.05) is 6.92 Å². The number of hydrogen-bond acceptors (Lipinski definition) is 1. The third-order valence-corrected chi connectivity index (χ3v) is 2.88. The average molecular weight is 184 g/mol. The van der Waals surface area contributed by atoms with E-state index in [4.69, 9.17) is 5.26 Å². The Balaban J connectivity index is 2.94. The van der Waals surface area contributed by atoms with Crippen molar-refractivity contribution in [3.63, 3.8) is 0 Å². The molecule has 1 heterocycles. The number of rotatable bonds is 0. The van der Waals surface area contributed by atoms with Crippen LogP contribution in [0.5, 0.6) is 0 Å². The second-order valence-electron chi connectivity index (χ2n) is 3.67. The number of aromatic amines is 1. The molecule has 14 heavy (non-hydrogen) atoms. The van der Waals surface area contributed by atoms with E-state index in [9.17, 15) is 0 Å².